The third-order valence-electron chi connectivity index (χ3n) is 3.39. The quantitative estimate of drug-likeness (QED) is 0.846. The van der Waals surface area contributed by atoms with Crippen molar-refractivity contribution in [1.29, 1.82) is 0 Å². The first kappa shape index (κ1) is 14.0. The number of carbonyl (C=O) groups is 1. The molecule has 1 atom stereocenters. The summed E-state index contributed by atoms with van der Waals surface area (Å²) >= 11 is 0. The summed E-state index contributed by atoms with van der Waals surface area (Å²) in [5.74, 6) is -0.239. The van der Waals surface area contributed by atoms with Gasteiger partial charge in [0.25, 0.3) is 0 Å². The molecular weight excluding hydrogens is 245 g/mol. The highest BCUT2D eigenvalue weighted by Gasteiger charge is 2.20. The summed E-state index contributed by atoms with van der Waals surface area (Å²) in [7, 11) is 0. The van der Waals surface area contributed by atoms with E-state index in [4.69, 9.17) is 5.73 Å². The van der Waals surface area contributed by atoms with Crippen molar-refractivity contribution >= 4 is 5.91 Å². The minimum atomic E-state index is -0.221. The first-order chi connectivity index (χ1) is 9.04. The van der Waals surface area contributed by atoms with Crippen LogP contribution in [0.2, 0.25) is 0 Å². The van der Waals surface area contributed by atoms with Crippen molar-refractivity contribution in [3.8, 4) is 0 Å². The minimum absolute atomic E-state index is 0.0175. The van der Waals surface area contributed by atoms with Gasteiger partial charge in [0.2, 0.25) is 5.91 Å². The van der Waals surface area contributed by atoms with Gasteiger partial charge >= 0.3 is 0 Å². The van der Waals surface area contributed by atoms with Gasteiger partial charge in [-0.1, -0.05) is 12.1 Å². The summed E-state index contributed by atoms with van der Waals surface area (Å²) < 4.78 is 13.1. The fourth-order valence-corrected chi connectivity index (χ4v) is 2.28. The lowest BCUT2D eigenvalue weighted by molar-refractivity contribution is -0.122. The van der Waals surface area contributed by atoms with Crippen LogP contribution in [0.3, 0.4) is 0 Å². The molecule has 1 amide bonds. The number of likely N-dealkylation sites (tertiary alicyclic amines) is 1. The number of rotatable bonds is 4. The minimum Gasteiger partial charge on any atom is -0.351 e. The van der Waals surface area contributed by atoms with Crippen molar-refractivity contribution in [3.63, 3.8) is 0 Å². The van der Waals surface area contributed by atoms with Gasteiger partial charge in [-0.3, -0.25) is 9.69 Å². The average Bonchev–Trinajstić information content (AvgIpc) is 2.76. The monoisotopic (exact) mass is 265 g/mol. The molecule has 1 fully saturated rings. The Morgan fingerprint density at radius 2 is 2.37 bits per heavy atom. The van der Waals surface area contributed by atoms with Crippen LogP contribution in [-0.4, -0.2) is 36.5 Å². The predicted molar refractivity (Wildman–Crippen MR) is 72.0 cm³/mol. The number of aryl methyl sites for hydroxylation is 1. The summed E-state index contributed by atoms with van der Waals surface area (Å²) in [6, 6.07) is 5.05. The van der Waals surface area contributed by atoms with Gasteiger partial charge in [-0.15, -0.1) is 0 Å². The van der Waals surface area contributed by atoms with Crippen LogP contribution in [0.5, 0.6) is 0 Å². The molecule has 0 saturated carbocycles. The normalized spacial score (nSPS) is 19.6. The fraction of sp³-hybridized carbons (Fsp3) is 0.500. The predicted octanol–water partition coefficient (Wildman–Crippen LogP) is 0.783. The maximum Gasteiger partial charge on any atom is 0.234 e. The summed E-state index contributed by atoms with van der Waals surface area (Å²) in [5.41, 5.74) is 7.29. The van der Waals surface area contributed by atoms with Gasteiger partial charge in [-0.05, 0) is 30.5 Å². The molecule has 3 N–H and O–H groups in total. The third kappa shape index (κ3) is 4.01. The molecule has 1 aliphatic rings. The number of amides is 1. The van der Waals surface area contributed by atoms with E-state index in [2.05, 4.69) is 10.2 Å². The maximum atomic E-state index is 13.1. The number of halogens is 1. The Balaban J connectivity index is 1.78. The molecule has 4 nitrogen and oxygen atoms in total. The molecule has 104 valence electrons. The highest BCUT2D eigenvalue weighted by Crippen LogP contribution is 2.09. The number of hydrogen-bond donors (Lipinski definition) is 2. The third-order valence-corrected chi connectivity index (χ3v) is 3.39. The lowest BCUT2D eigenvalue weighted by Gasteiger charge is -2.14. The first-order valence-corrected chi connectivity index (χ1v) is 6.54. The second-order valence-electron chi connectivity index (χ2n) is 5.14. The number of benzene rings is 1. The standard InChI is InChI=1S/C14H20FN3O/c1-10-6-11(2-3-13(10)15)7-17-14(19)9-18-5-4-12(16)8-18/h2-3,6,12H,4-5,7-9,16H2,1H3,(H,17,19)/t12-/m0/s1. The zero-order valence-electron chi connectivity index (χ0n) is 11.2. The summed E-state index contributed by atoms with van der Waals surface area (Å²) in [5, 5.41) is 2.84. The number of carbonyl (C=O) groups excluding carboxylic acids is 1. The van der Waals surface area contributed by atoms with Crippen LogP contribution < -0.4 is 11.1 Å². The van der Waals surface area contributed by atoms with E-state index in [1.54, 1.807) is 19.1 Å². The Labute approximate surface area is 112 Å². The smallest absolute Gasteiger partial charge is 0.234 e. The number of hydrogen-bond acceptors (Lipinski definition) is 3. The molecule has 5 heteroatoms. The fourth-order valence-electron chi connectivity index (χ4n) is 2.28. The van der Waals surface area contributed by atoms with E-state index in [9.17, 15) is 9.18 Å². The van der Waals surface area contributed by atoms with Crippen LogP contribution in [0, 0.1) is 12.7 Å². The van der Waals surface area contributed by atoms with E-state index in [1.165, 1.54) is 6.07 Å². The second kappa shape index (κ2) is 6.12. The summed E-state index contributed by atoms with van der Waals surface area (Å²) in [6.07, 6.45) is 0.949. The molecule has 0 aliphatic carbocycles. The van der Waals surface area contributed by atoms with E-state index < -0.39 is 0 Å². The molecule has 1 aliphatic heterocycles. The van der Waals surface area contributed by atoms with Crippen molar-refractivity contribution in [2.75, 3.05) is 19.6 Å². The van der Waals surface area contributed by atoms with Crippen molar-refractivity contribution < 1.29 is 9.18 Å². The molecule has 0 unspecified atom stereocenters. The van der Waals surface area contributed by atoms with E-state index >= 15 is 0 Å². The lowest BCUT2D eigenvalue weighted by Crippen LogP contribution is -2.37. The van der Waals surface area contributed by atoms with Gasteiger partial charge in [0, 0.05) is 25.7 Å². The van der Waals surface area contributed by atoms with Crippen LogP contribution in [0.15, 0.2) is 18.2 Å². The van der Waals surface area contributed by atoms with Crippen LogP contribution in [-0.2, 0) is 11.3 Å². The molecule has 1 aromatic rings. The molecule has 2 rings (SSSR count). The zero-order valence-corrected chi connectivity index (χ0v) is 11.2. The Morgan fingerprint density at radius 3 is 3.00 bits per heavy atom. The van der Waals surface area contributed by atoms with Gasteiger partial charge in [0.05, 0.1) is 6.54 Å². The lowest BCUT2D eigenvalue weighted by atomic mass is 10.1. The van der Waals surface area contributed by atoms with Crippen molar-refractivity contribution in [1.82, 2.24) is 10.2 Å². The second-order valence-corrected chi connectivity index (χ2v) is 5.14. The van der Waals surface area contributed by atoms with Gasteiger partial charge < -0.3 is 11.1 Å². The number of nitrogens with one attached hydrogen (secondary N) is 1. The number of nitrogens with zero attached hydrogens (tertiary/aromatic N) is 1. The molecule has 0 radical (unpaired) electrons. The van der Waals surface area contributed by atoms with Crippen LogP contribution >= 0.6 is 0 Å². The highest BCUT2D eigenvalue weighted by atomic mass is 19.1. The SMILES string of the molecule is Cc1cc(CNC(=O)CN2CC[C@H](N)C2)ccc1F. The first-order valence-electron chi connectivity index (χ1n) is 6.54. The Bertz CT molecular complexity index is 464. The average molecular weight is 265 g/mol. The van der Waals surface area contributed by atoms with E-state index in [1.807, 2.05) is 0 Å². The Kier molecular flexibility index (Phi) is 4.50. The van der Waals surface area contributed by atoms with Crippen LogP contribution in [0.25, 0.3) is 0 Å². The summed E-state index contributed by atoms with van der Waals surface area (Å²) in [4.78, 5) is 13.8. The topological polar surface area (TPSA) is 58.4 Å². The van der Waals surface area contributed by atoms with Gasteiger partial charge in [-0.2, -0.15) is 0 Å². The van der Waals surface area contributed by atoms with Gasteiger partial charge in [0.1, 0.15) is 5.82 Å². The maximum absolute atomic E-state index is 13.1. The Hall–Kier alpha value is -1.46. The van der Waals surface area contributed by atoms with Crippen molar-refractivity contribution in [3.05, 3.63) is 35.1 Å². The molecule has 0 aromatic heterocycles. The van der Waals surface area contributed by atoms with E-state index in [0.717, 1.165) is 25.1 Å². The van der Waals surface area contributed by atoms with E-state index in [0.29, 0.717) is 18.7 Å². The molecular formula is C14H20FN3O. The largest absolute Gasteiger partial charge is 0.351 e. The van der Waals surface area contributed by atoms with Crippen LogP contribution in [0.4, 0.5) is 4.39 Å². The van der Waals surface area contributed by atoms with Crippen LogP contribution in [0.1, 0.15) is 17.5 Å². The molecule has 19 heavy (non-hydrogen) atoms. The molecule has 1 aromatic carbocycles. The van der Waals surface area contributed by atoms with Crippen molar-refractivity contribution in [2.24, 2.45) is 5.73 Å². The zero-order chi connectivity index (χ0) is 13.8. The highest BCUT2D eigenvalue weighted by molar-refractivity contribution is 5.78. The van der Waals surface area contributed by atoms with E-state index in [-0.39, 0.29) is 17.8 Å². The van der Waals surface area contributed by atoms with Gasteiger partial charge in [0.15, 0.2) is 0 Å². The Morgan fingerprint density at radius 1 is 1.58 bits per heavy atom. The number of nitrogens with two attached hydrogens (primary N) is 1. The molecule has 1 saturated heterocycles. The summed E-state index contributed by atoms with van der Waals surface area (Å²) in [6.45, 7) is 4.19. The molecule has 1 heterocycles. The molecule has 0 bridgehead atoms. The van der Waals surface area contributed by atoms with Gasteiger partial charge in [-0.25, -0.2) is 4.39 Å². The van der Waals surface area contributed by atoms with Crippen molar-refractivity contribution in [2.45, 2.75) is 25.9 Å². The molecule has 0 spiro atoms.